The van der Waals surface area contributed by atoms with Gasteiger partial charge in [-0.2, -0.15) is 0 Å². The normalized spacial score (nSPS) is 16.9. The molecule has 5 nitrogen and oxygen atoms in total. The molecule has 0 atom stereocenters. The van der Waals surface area contributed by atoms with E-state index in [9.17, 15) is 4.39 Å². The molecule has 3 heterocycles. The van der Waals surface area contributed by atoms with Gasteiger partial charge in [0.05, 0.1) is 12.8 Å². The van der Waals surface area contributed by atoms with E-state index in [1.54, 1.807) is 13.2 Å². The van der Waals surface area contributed by atoms with E-state index >= 15 is 0 Å². The second-order valence-corrected chi connectivity index (χ2v) is 8.47. The van der Waals surface area contributed by atoms with E-state index in [0.29, 0.717) is 16.3 Å². The van der Waals surface area contributed by atoms with E-state index in [0.717, 1.165) is 55.4 Å². The largest absolute Gasteiger partial charge is 0.496 e. The average Bonchev–Trinajstić information content (AvgIpc) is 3.53. The highest BCUT2D eigenvalue weighted by atomic mass is 35.5. The van der Waals surface area contributed by atoms with Gasteiger partial charge in [0.25, 0.3) is 0 Å². The van der Waals surface area contributed by atoms with Crippen molar-refractivity contribution < 1.29 is 9.13 Å². The lowest BCUT2D eigenvalue weighted by atomic mass is 9.88. The smallest absolute Gasteiger partial charge is 0.181 e. The highest BCUT2D eigenvalue weighted by Gasteiger charge is 2.28. The van der Waals surface area contributed by atoms with Crippen LogP contribution in [0, 0.1) is 11.7 Å². The number of piperidine rings is 1. The van der Waals surface area contributed by atoms with Crippen molar-refractivity contribution >= 4 is 22.9 Å². The molecular formula is C24H30ClFN4O. The SMILES string of the molecule is CC.COc1cccc(F)c1C1CCN(c2ccn3c(CC4CC4)nnc3c2Cl)CC1. The van der Waals surface area contributed by atoms with Crippen LogP contribution in [0.25, 0.3) is 5.65 Å². The van der Waals surface area contributed by atoms with Gasteiger partial charge in [-0.1, -0.05) is 31.5 Å². The van der Waals surface area contributed by atoms with Crippen LogP contribution < -0.4 is 9.64 Å². The van der Waals surface area contributed by atoms with Gasteiger partial charge in [-0.25, -0.2) is 4.39 Å². The molecule has 1 aliphatic carbocycles. The van der Waals surface area contributed by atoms with Gasteiger partial charge in [-0.3, -0.25) is 4.40 Å². The van der Waals surface area contributed by atoms with Gasteiger partial charge in [0.1, 0.15) is 22.4 Å². The Labute approximate surface area is 188 Å². The Hall–Kier alpha value is -2.34. The molecule has 1 saturated heterocycles. The monoisotopic (exact) mass is 444 g/mol. The summed E-state index contributed by atoms with van der Waals surface area (Å²) in [5.41, 5.74) is 2.39. The molecule has 1 aromatic carbocycles. The van der Waals surface area contributed by atoms with Crippen molar-refractivity contribution in [2.24, 2.45) is 5.92 Å². The summed E-state index contributed by atoms with van der Waals surface area (Å²) in [5, 5.41) is 9.34. The standard InChI is InChI=1S/C22H24ClFN4O.C2H6/c1-29-18-4-2-3-16(24)20(18)15-7-10-27(11-8-15)17-9-12-28-19(13-14-5-6-14)25-26-22(28)21(17)23;1-2/h2-4,9,12,14-15H,5-8,10-11,13H2,1H3;1-2H3. The van der Waals surface area contributed by atoms with Gasteiger partial charge in [0.2, 0.25) is 0 Å². The Balaban J connectivity index is 0.00000112. The first-order valence-corrected chi connectivity index (χ1v) is 11.6. The summed E-state index contributed by atoms with van der Waals surface area (Å²) in [6.45, 7) is 5.61. The molecule has 0 spiro atoms. The highest BCUT2D eigenvalue weighted by Crippen LogP contribution is 2.39. The fraction of sp³-hybridized carbons (Fsp3) is 0.500. The van der Waals surface area contributed by atoms with E-state index in [-0.39, 0.29) is 11.7 Å². The Morgan fingerprint density at radius 3 is 2.52 bits per heavy atom. The number of methoxy groups -OCH3 is 1. The highest BCUT2D eigenvalue weighted by molar-refractivity contribution is 6.36. The van der Waals surface area contributed by atoms with E-state index in [4.69, 9.17) is 16.3 Å². The minimum atomic E-state index is -0.186. The van der Waals surface area contributed by atoms with Crippen molar-refractivity contribution in [2.75, 3.05) is 25.1 Å². The number of hydrogen-bond acceptors (Lipinski definition) is 4. The van der Waals surface area contributed by atoms with Gasteiger partial charge in [0.15, 0.2) is 5.65 Å². The number of pyridine rings is 1. The molecular weight excluding hydrogens is 415 g/mol. The van der Waals surface area contributed by atoms with Crippen molar-refractivity contribution in [1.82, 2.24) is 14.6 Å². The molecule has 5 rings (SSSR count). The molecule has 0 amide bonds. The summed E-state index contributed by atoms with van der Waals surface area (Å²) in [4.78, 5) is 2.27. The number of halogens is 2. The zero-order valence-electron chi connectivity index (χ0n) is 18.4. The number of hydrogen-bond donors (Lipinski definition) is 0. The first-order valence-electron chi connectivity index (χ1n) is 11.2. The van der Waals surface area contributed by atoms with Crippen molar-refractivity contribution in [2.45, 2.75) is 51.9 Å². The summed E-state index contributed by atoms with van der Waals surface area (Å²) in [6.07, 6.45) is 7.24. The Morgan fingerprint density at radius 1 is 1.10 bits per heavy atom. The molecule has 1 aliphatic heterocycles. The maximum atomic E-state index is 14.4. The van der Waals surface area contributed by atoms with E-state index in [1.165, 1.54) is 18.9 Å². The number of aromatic nitrogens is 3. The molecule has 31 heavy (non-hydrogen) atoms. The molecule has 0 bridgehead atoms. The second-order valence-electron chi connectivity index (χ2n) is 8.09. The van der Waals surface area contributed by atoms with E-state index < -0.39 is 0 Å². The first kappa shape index (κ1) is 21.9. The summed E-state index contributed by atoms with van der Waals surface area (Å²) >= 11 is 6.72. The third kappa shape index (κ3) is 4.36. The van der Waals surface area contributed by atoms with Gasteiger partial charge < -0.3 is 9.64 Å². The Kier molecular flexibility index (Phi) is 6.65. The first-order chi connectivity index (χ1) is 15.2. The molecule has 0 unspecified atom stereocenters. The number of rotatable bonds is 5. The molecule has 166 valence electrons. The van der Waals surface area contributed by atoms with Crippen LogP contribution in [-0.2, 0) is 6.42 Å². The second kappa shape index (κ2) is 9.43. The van der Waals surface area contributed by atoms with Crippen LogP contribution in [0.15, 0.2) is 30.5 Å². The van der Waals surface area contributed by atoms with Gasteiger partial charge in [0, 0.05) is 31.3 Å². The van der Waals surface area contributed by atoms with Crippen molar-refractivity contribution in [3.8, 4) is 5.75 Å². The number of nitrogens with zero attached hydrogens (tertiary/aromatic N) is 4. The maximum absolute atomic E-state index is 14.4. The topological polar surface area (TPSA) is 42.7 Å². The lowest BCUT2D eigenvalue weighted by molar-refractivity contribution is 0.388. The predicted molar refractivity (Wildman–Crippen MR) is 123 cm³/mol. The fourth-order valence-corrected chi connectivity index (χ4v) is 4.74. The fourth-order valence-electron chi connectivity index (χ4n) is 4.43. The minimum Gasteiger partial charge on any atom is -0.496 e. The number of ether oxygens (including phenoxy) is 1. The predicted octanol–water partition coefficient (Wildman–Crippen LogP) is 5.89. The van der Waals surface area contributed by atoms with E-state index in [2.05, 4.69) is 21.2 Å². The average molecular weight is 445 g/mol. The van der Waals surface area contributed by atoms with E-state index in [1.807, 2.05) is 30.5 Å². The van der Waals surface area contributed by atoms with Crippen LogP contribution in [0.4, 0.5) is 10.1 Å². The number of fused-ring (bicyclic) bond motifs is 1. The van der Waals surface area contributed by atoms with Crippen LogP contribution in [0.3, 0.4) is 0 Å². The number of benzene rings is 1. The maximum Gasteiger partial charge on any atom is 0.181 e. The van der Waals surface area contributed by atoms with Crippen LogP contribution >= 0.6 is 11.6 Å². The summed E-state index contributed by atoms with van der Waals surface area (Å²) in [6, 6.07) is 7.09. The third-order valence-corrected chi connectivity index (χ3v) is 6.58. The molecule has 2 aliphatic rings. The summed E-state index contributed by atoms with van der Waals surface area (Å²) < 4.78 is 21.9. The van der Waals surface area contributed by atoms with Crippen LogP contribution in [0.1, 0.15) is 56.8 Å². The molecule has 2 fully saturated rings. The van der Waals surface area contributed by atoms with Crippen LogP contribution in [-0.4, -0.2) is 34.8 Å². The molecule has 0 N–H and O–H groups in total. The summed E-state index contributed by atoms with van der Waals surface area (Å²) in [5.74, 6) is 2.32. The third-order valence-electron chi connectivity index (χ3n) is 6.21. The minimum absolute atomic E-state index is 0.142. The van der Waals surface area contributed by atoms with Gasteiger partial charge in [-0.05, 0) is 55.7 Å². The molecule has 1 saturated carbocycles. The van der Waals surface area contributed by atoms with Gasteiger partial charge in [-0.15, -0.1) is 10.2 Å². The zero-order valence-corrected chi connectivity index (χ0v) is 19.2. The zero-order chi connectivity index (χ0) is 22.0. The number of anilines is 1. The Morgan fingerprint density at radius 2 is 1.84 bits per heavy atom. The quantitative estimate of drug-likeness (QED) is 0.491. The van der Waals surface area contributed by atoms with Crippen molar-refractivity contribution in [3.05, 3.63) is 52.7 Å². The molecule has 2 aromatic heterocycles. The van der Waals surface area contributed by atoms with Crippen molar-refractivity contribution in [3.63, 3.8) is 0 Å². The van der Waals surface area contributed by atoms with Crippen LogP contribution in [0.2, 0.25) is 5.02 Å². The Bertz CT molecular complexity index is 1040. The molecule has 0 radical (unpaired) electrons. The van der Waals surface area contributed by atoms with Gasteiger partial charge >= 0.3 is 0 Å². The lowest BCUT2D eigenvalue weighted by Gasteiger charge is -2.34. The molecule has 7 heteroatoms. The lowest BCUT2D eigenvalue weighted by Crippen LogP contribution is -2.33. The van der Waals surface area contributed by atoms with Crippen molar-refractivity contribution in [1.29, 1.82) is 0 Å². The van der Waals surface area contributed by atoms with Crippen LogP contribution in [0.5, 0.6) is 5.75 Å². The summed E-state index contributed by atoms with van der Waals surface area (Å²) in [7, 11) is 1.60. The molecule has 3 aromatic rings.